The fraction of sp³-hybridized carbons (Fsp3) is 0.448. The van der Waals surface area contributed by atoms with Crippen molar-refractivity contribution in [2.45, 2.75) is 184 Å². The van der Waals surface area contributed by atoms with Crippen molar-refractivity contribution in [2.75, 3.05) is 0 Å². The van der Waals surface area contributed by atoms with Crippen LogP contribution < -0.4 is 0 Å². The molecular formula is C58H104N2Y10-2. The maximum atomic E-state index is 7.71. The normalized spacial score (nSPS) is 7.14. The first-order chi connectivity index (χ1) is 23.7. The SMILES string of the molecule is C.C.C.C.C.C.C.C.C.C.C.C.CC.CC.CC.CC.CCc1ccc2ccc3c(CC)ccc4ccc1c2c43.[NH-]Cc1ccc2ccc3c(C[NH-])ccc4ccc1c2c43.[Y].[Y].[Y].[Y].[Y].[Y].[Y].[Y].[Y].[Y]. The number of nitrogens with one attached hydrogen (secondary N) is 2. The van der Waals surface area contributed by atoms with E-state index >= 15 is 0 Å². The number of hydrogen-bond acceptors (Lipinski definition) is 0. The van der Waals surface area contributed by atoms with E-state index in [0.29, 0.717) is 13.1 Å². The summed E-state index contributed by atoms with van der Waals surface area (Å²) in [6.07, 6.45) is 2.18. The summed E-state index contributed by atoms with van der Waals surface area (Å²) in [6.45, 7) is 21.1. The molecule has 0 bridgehead atoms. The second-order valence-corrected chi connectivity index (χ2v) is 10.8. The van der Waals surface area contributed by atoms with Gasteiger partial charge in [-0.15, -0.1) is 13.1 Å². The molecule has 0 saturated carbocycles. The van der Waals surface area contributed by atoms with Gasteiger partial charge in [-0.25, -0.2) is 0 Å². The molecule has 0 aliphatic heterocycles. The third-order valence-electron chi connectivity index (χ3n) is 8.83. The topological polar surface area (TPSA) is 47.6 Å². The van der Waals surface area contributed by atoms with Crippen LogP contribution in [0.25, 0.3) is 76.1 Å². The van der Waals surface area contributed by atoms with Gasteiger partial charge in [0, 0.05) is 327 Å². The Kier molecular flexibility index (Phi) is 148. The standard InChI is InChI=1S/C20H18.C18H14N2.4C2H6.12CH4.10Y/c1-3-13-5-7-15-10-12-18-14(4-2)6-8-16-9-11-17(13)19(15)20(16)18;19-9-13-3-1-11-5-7-16-14(10-20)4-2-12-6-8-15(13)17(11)18(12)16;4*1-2;;;;;;;;;;;;;;;;;;;;;;/h5-12H,3-4H2,1-2H3;1-8,19-20H,9-10H2;4*1-2H3;12*1H4;;;;;;;;;;/q;-2;;;;;;;;;;;;;;;;;;;;;;;;;;. The summed E-state index contributed by atoms with van der Waals surface area (Å²) >= 11 is 0. The van der Waals surface area contributed by atoms with Crippen molar-refractivity contribution in [2.24, 2.45) is 0 Å². The number of benzene rings is 8. The first-order valence-corrected chi connectivity index (χ1v) is 18.3. The molecule has 0 unspecified atom stereocenters. The minimum absolute atomic E-state index is 0. The third kappa shape index (κ3) is 33.2. The molecule has 70 heavy (non-hydrogen) atoms. The molecule has 10 radical (unpaired) electrons. The zero-order valence-electron chi connectivity index (χ0n) is 36.8. The Morgan fingerprint density at radius 2 is 0.386 bits per heavy atom. The fourth-order valence-corrected chi connectivity index (χ4v) is 6.77. The molecule has 0 fully saturated rings. The Balaban J connectivity index is -0.0000000272. The number of rotatable bonds is 4. The van der Waals surface area contributed by atoms with E-state index in [1.165, 1.54) is 75.8 Å². The van der Waals surface area contributed by atoms with Crippen molar-refractivity contribution >= 4 is 64.6 Å². The third-order valence-corrected chi connectivity index (χ3v) is 8.83. The Bertz CT molecular complexity index is 1890. The molecule has 8 aromatic rings. The summed E-state index contributed by atoms with van der Waals surface area (Å²) in [5.74, 6) is 0. The Morgan fingerprint density at radius 3 is 0.543 bits per heavy atom. The predicted molar refractivity (Wildman–Crippen MR) is 301 cm³/mol. The second-order valence-electron chi connectivity index (χ2n) is 10.8. The molecule has 8 rings (SSSR count). The zero-order chi connectivity index (χ0) is 35.4. The van der Waals surface area contributed by atoms with Crippen molar-refractivity contribution < 1.29 is 327 Å². The maximum absolute atomic E-state index is 7.71. The average Bonchev–Trinajstić information content (AvgIpc) is 3.19. The molecular weight excluding hydrogens is 1610 g/mol. The van der Waals surface area contributed by atoms with Crippen molar-refractivity contribution in [3.05, 3.63) is 131 Å². The van der Waals surface area contributed by atoms with Gasteiger partial charge in [0.25, 0.3) is 0 Å². The Morgan fingerprint density at radius 1 is 0.243 bits per heavy atom. The summed E-state index contributed by atoms with van der Waals surface area (Å²) in [5, 5.41) is 15.8. The van der Waals surface area contributed by atoms with Gasteiger partial charge in [-0.05, 0) is 88.6 Å². The van der Waals surface area contributed by atoms with Gasteiger partial charge in [0.15, 0.2) is 0 Å². The van der Waals surface area contributed by atoms with E-state index < -0.39 is 0 Å². The van der Waals surface area contributed by atoms with Crippen molar-refractivity contribution in [1.29, 1.82) is 0 Å². The monoisotopic (exact) mass is 1720 g/mol. The van der Waals surface area contributed by atoms with E-state index in [0.717, 1.165) is 24.0 Å². The zero-order valence-corrected chi connectivity index (χ0v) is 65.2. The van der Waals surface area contributed by atoms with Crippen LogP contribution in [-0.2, 0) is 353 Å². The molecule has 0 saturated heterocycles. The summed E-state index contributed by atoms with van der Waals surface area (Å²) in [4.78, 5) is 0. The van der Waals surface area contributed by atoms with Crippen LogP contribution in [-0.4, -0.2) is 0 Å². The molecule has 0 heterocycles. The van der Waals surface area contributed by atoms with Gasteiger partial charge in [-0.3, -0.25) is 0 Å². The average molecular weight is 1720 g/mol. The summed E-state index contributed by atoms with van der Waals surface area (Å²) in [6, 6.07) is 35.1. The molecule has 0 aromatic heterocycles. The van der Waals surface area contributed by atoms with Crippen LogP contribution in [0.4, 0.5) is 0 Å². The maximum Gasteiger partial charge on any atom is 0 e. The molecule has 0 aliphatic rings. The molecule has 0 amide bonds. The second kappa shape index (κ2) is 75.8. The first kappa shape index (κ1) is 137. The minimum atomic E-state index is 0. The van der Waals surface area contributed by atoms with Crippen LogP contribution in [0.5, 0.6) is 0 Å². The van der Waals surface area contributed by atoms with Gasteiger partial charge in [-0.2, -0.15) is 0 Å². The summed E-state index contributed by atoms with van der Waals surface area (Å²) in [5.41, 5.74) is 20.5. The molecule has 0 spiro atoms. The van der Waals surface area contributed by atoms with Crippen LogP contribution in [0.1, 0.15) is 181 Å². The molecule has 0 aliphatic carbocycles. The summed E-state index contributed by atoms with van der Waals surface area (Å²) < 4.78 is 0. The predicted octanol–water partition coefficient (Wildman–Crippen LogP) is 23.1. The minimum Gasteiger partial charge on any atom is -0.674 e. The molecule has 12 heteroatoms. The van der Waals surface area contributed by atoms with Crippen molar-refractivity contribution in [3.63, 3.8) is 0 Å². The fourth-order valence-electron chi connectivity index (χ4n) is 6.77. The van der Waals surface area contributed by atoms with Crippen LogP contribution >= 0.6 is 0 Å². The Hall–Kier alpha value is 6.80. The van der Waals surface area contributed by atoms with Crippen molar-refractivity contribution in [1.82, 2.24) is 0 Å². The van der Waals surface area contributed by atoms with Gasteiger partial charge in [0.2, 0.25) is 0 Å². The van der Waals surface area contributed by atoms with E-state index in [1.807, 2.05) is 55.4 Å². The van der Waals surface area contributed by atoms with Crippen LogP contribution in [0.2, 0.25) is 0 Å². The number of aryl methyl sites for hydroxylation is 2. The molecule has 0 atom stereocenters. The van der Waals surface area contributed by atoms with Crippen LogP contribution in [0, 0.1) is 0 Å². The largest absolute Gasteiger partial charge is 0.674 e. The van der Waals surface area contributed by atoms with Gasteiger partial charge >= 0.3 is 0 Å². The van der Waals surface area contributed by atoms with E-state index in [2.05, 4.69) is 111 Å². The van der Waals surface area contributed by atoms with Gasteiger partial charge < -0.3 is 11.5 Å². The smallest absolute Gasteiger partial charge is 0 e. The van der Waals surface area contributed by atoms with Gasteiger partial charge in [0.05, 0.1) is 0 Å². The van der Waals surface area contributed by atoms with Crippen LogP contribution in [0.3, 0.4) is 0 Å². The van der Waals surface area contributed by atoms with E-state index in [4.69, 9.17) is 11.5 Å². The molecule has 378 valence electrons. The van der Waals surface area contributed by atoms with E-state index in [1.54, 1.807) is 0 Å². The van der Waals surface area contributed by atoms with Gasteiger partial charge in [0.1, 0.15) is 0 Å². The summed E-state index contributed by atoms with van der Waals surface area (Å²) in [7, 11) is 0. The molecule has 2 nitrogen and oxygen atoms in total. The van der Waals surface area contributed by atoms with Crippen molar-refractivity contribution in [3.8, 4) is 0 Å². The van der Waals surface area contributed by atoms with Crippen LogP contribution in [0.15, 0.2) is 97.1 Å². The molecule has 8 aromatic carbocycles. The number of hydrogen-bond donors (Lipinski definition) is 0. The quantitative estimate of drug-likeness (QED) is 0.158. The molecule has 2 N–H and O–H groups in total. The van der Waals surface area contributed by atoms with E-state index in [-0.39, 0.29) is 416 Å². The first-order valence-electron chi connectivity index (χ1n) is 18.3. The van der Waals surface area contributed by atoms with Gasteiger partial charge in [-0.1, -0.05) is 267 Å². The van der Waals surface area contributed by atoms with E-state index in [9.17, 15) is 0 Å². The Labute approximate surface area is 692 Å².